The quantitative estimate of drug-likeness (QED) is 0.857. The first-order valence-corrected chi connectivity index (χ1v) is 6.90. The van der Waals surface area contributed by atoms with Gasteiger partial charge in [-0.15, -0.1) is 6.58 Å². The van der Waals surface area contributed by atoms with E-state index in [9.17, 15) is 4.39 Å². The number of nitriles is 1. The molecule has 1 aliphatic rings. The molecule has 1 saturated heterocycles. The number of halogens is 1. The molecule has 1 atom stereocenters. The minimum absolute atomic E-state index is 0.115. The fraction of sp³-hybridized carbons (Fsp3) is 0.438. The van der Waals surface area contributed by atoms with E-state index < -0.39 is 5.82 Å². The summed E-state index contributed by atoms with van der Waals surface area (Å²) in [5.41, 5.74) is 2.20. The van der Waals surface area contributed by atoms with E-state index >= 15 is 0 Å². The van der Waals surface area contributed by atoms with Gasteiger partial charge < -0.3 is 5.32 Å². The lowest BCUT2D eigenvalue weighted by Crippen LogP contribution is -2.45. The topological polar surface area (TPSA) is 39.1 Å². The molecule has 106 valence electrons. The lowest BCUT2D eigenvalue weighted by Gasteiger charge is -2.35. The molecule has 3 nitrogen and oxygen atoms in total. The summed E-state index contributed by atoms with van der Waals surface area (Å²) in [7, 11) is 0. The van der Waals surface area contributed by atoms with Gasteiger partial charge in [0.05, 0.1) is 5.56 Å². The largest absolute Gasteiger partial charge is 0.314 e. The first kappa shape index (κ1) is 14.7. The Labute approximate surface area is 119 Å². The number of hydrogen-bond donors (Lipinski definition) is 1. The number of benzene rings is 1. The molecule has 0 aromatic heterocycles. The van der Waals surface area contributed by atoms with Crippen LogP contribution >= 0.6 is 0 Å². The van der Waals surface area contributed by atoms with Gasteiger partial charge in [0.25, 0.3) is 0 Å². The fourth-order valence-electron chi connectivity index (χ4n) is 2.62. The molecule has 0 aliphatic carbocycles. The lowest BCUT2D eigenvalue weighted by atomic mass is 9.96. The normalized spacial score (nSPS) is 17.4. The highest BCUT2D eigenvalue weighted by atomic mass is 19.1. The fourth-order valence-corrected chi connectivity index (χ4v) is 2.62. The summed E-state index contributed by atoms with van der Waals surface area (Å²) in [4.78, 5) is 2.37. The van der Waals surface area contributed by atoms with E-state index in [0.29, 0.717) is 0 Å². The van der Waals surface area contributed by atoms with Crippen LogP contribution in [-0.2, 0) is 0 Å². The van der Waals surface area contributed by atoms with Gasteiger partial charge in [-0.2, -0.15) is 5.26 Å². The molecule has 0 spiro atoms. The van der Waals surface area contributed by atoms with Crippen LogP contribution in [0.3, 0.4) is 0 Å². The van der Waals surface area contributed by atoms with E-state index in [0.717, 1.165) is 43.7 Å². The van der Waals surface area contributed by atoms with E-state index in [1.54, 1.807) is 12.1 Å². The molecule has 2 rings (SSSR count). The standard InChI is InChI=1S/C16H20FN3/c1-12(2)9-16(20-7-5-19-6-8-20)13-3-4-15(17)14(10-13)11-18/h3-4,10,16,19H,1,5-9H2,2H3/t16-/m0/s1. The molecule has 0 saturated carbocycles. The van der Waals surface area contributed by atoms with Gasteiger partial charge in [0.1, 0.15) is 11.9 Å². The summed E-state index contributed by atoms with van der Waals surface area (Å²) >= 11 is 0. The average molecular weight is 273 g/mol. The Bertz CT molecular complexity index is 527. The highest BCUT2D eigenvalue weighted by Crippen LogP contribution is 2.28. The molecule has 1 fully saturated rings. The molecular weight excluding hydrogens is 253 g/mol. The Kier molecular flexibility index (Phi) is 4.89. The summed E-state index contributed by atoms with van der Waals surface area (Å²) in [6.45, 7) is 9.82. The van der Waals surface area contributed by atoms with Crippen molar-refractivity contribution < 1.29 is 4.39 Å². The molecule has 0 unspecified atom stereocenters. The van der Waals surface area contributed by atoms with Crippen LogP contribution in [0.4, 0.5) is 4.39 Å². The molecule has 1 N–H and O–H groups in total. The molecule has 0 bridgehead atoms. The molecule has 0 radical (unpaired) electrons. The minimum Gasteiger partial charge on any atom is -0.314 e. The predicted octanol–water partition coefficient (Wildman–Crippen LogP) is 2.61. The van der Waals surface area contributed by atoms with E-state index in [2.05, 4.69) is 16.8 Å². The van der Waals surface area contributed by atoms with Gasteiger partial charge in [0.2, 0.25) is 0 Å². The second-order valence-corrected chi connectivity index (χ2v) is 5.31. The first-order chi connectivity index (χ1) is 9.61. The zero-order chi connectivity index (χ0) is 14.5. The van der Waals surface area contributed by atoms with Crippen molar-refractivity contribution in [3.05, 3.63) is 47.3 Å². The third kappa shape index (κ3) is 3.44. The Morgan fingerprint density at radius 2 is 2.20 bits per heavy atom. The monoisotopic (exact) mass is 273 g/mol. The van der Waals surface area contributed by atoms with Crippen molar-refractivity contribution in [2.75, 3.05) is 26.2 Å². The maximum atomic E-state index is 13.5. The highest BCUT2D eigenvalue weighted by Gasteiger charge is 2.22. The van der Waals surface area contributed by atoms with E-state index in [1.807, 2.05) is 13.0 Å². The maximum absolute atomic E-state index is 13.5. The second kappa shape index (κ2) is 6.65. The number of nitrogens with one attached hydrogen (secondary N) is 1. The van der Waals surface area contributed by atoms with Gasteiger partial charge in [-0.25, -0.2) is 4.39 Å². The smallest absolute Gasteiger partial charge is 0.140 e. The minimum atomic E-state index is -0.453. The Hall–Kier alpha value is -1.70. The molecule has 1 heterocycles. The van der Waals surface area contributed by atoms with E-state index in [4.69, 9.17) is 5.26 Å². The molecule has 1 aromatic carbocycles. The molecule has 20 heavy (non-hydrogen) atoms. The van der Waals surface area contributed by atoms with E-state index in [1.165, 1.54) is 6.07 Å². The second-order valence-electron chi connectivity index (χ2n) is 5.31. The third-order valence-corrected chi connectivity index (χ3v) is 3.63. The van der Waals surface area contributed by atoms with Crippen LogP contribution in [0.2, 0.25) is 0 Å². The average Bonchev–Trinajstić information content (AvgIpc) is 2.46. The van der Waals surface area contributed by atoms with Crippen molar-refractivity contribution in [2.45, 2.75) is 19.4 Å². The Balaban J connectivity index is 2.30. The third-order valence-electron chi connectivity index (χ3n) is 3.63. The van der Waals surface area contributed by atoms with Gasteiger partial charge in [0, 0.05) is 32.2 Å². The molecular formula is C16H20FN3. The summed E-state index contributed by atoms with van der Waals surface area (Å²) in [5.74, 6) is -0.453. The van der Waals surface area contributed by atoms with Crippen molar-refractivity contribution in [2.24, 2.45) is 0 Å². The van der Waals surface area contributed by atoms with Crippen LogP contribution in [0.5, 0.6) is 0 Å². The van der Waals surface area contributed by atoms with Crippen molar-refractivity contribution in [1.29, 1.82) is 5.26 Å². The zero-order valence-corrected chi connectivity index (χ0v) is 11.8. The van der Waals surface area contributed by atoms with Crippen LogP contribution in [0.15, 0.2) is 30.4 Å². The Morgan fingerprint density at radius 3 is 2.80 bits per heavy atom. The van der Waals surface area contributed by atoms with Crippen LogP contribution in [-0.4, -0.2) is 31.1 Å². The lowest BCUT2D eigenvalue weighted by molar-refractivity contribution is 0.172. The van der Waals surface area contributed by atoms with Crippen LogP contribution in [0, 0.1) is 17.1 Å². The first-order valence-electron chi connectivity index (χ1n) is 6.90. The number of hydrogen-bond acceptors (Lipinski definition) is 3. The van der Waals surface area contributed by atoms with Crippen molar-refractivity contribution in [3.63, 3.8) is 0 Å². The maximum Gasteiger partial charge on any atom is 0.140 e. The number of piperazine rings is 1. The molecule has 1 aliphatic heterocycles. The highest BCUT2D eigenvalue weighted by molar-refractivity contribution is 5.36. The van der Waals surface area contributed by atoms with Gasteiger partial charge in [-0.05, 0) is 31.0 Å². The van der Waals surface area contributed by atoms with Gasteiger partial charge in [-0.1, -0.05) is 11.6 Å². The van der Waals surface area contributed by atoms with E-state index in [-0.39, 0.29) is 11.6 Å². The zero-order valence-electron chi connectivity index (χ0n) is 11.8. The number of nitrogens with zero attached hydrogens (tertiary/aromatic N) is 2. The summed E-state index contributed by atoms with van der Waals surface area (Å²) in [5, 5.41) is 12.3. The van der Waals surface area contributed by atoms with Crippen LogP contribution in [0.25, 0.3) is 0 Å². The van der Waals surface area contributed by atoms with Crippen LogP contribution in [0.1, 0.15) is 30.5 Å². The van der Waals surface area contributed by atoms with Crippen molar-refractivity contribution in [1.82, 2.24) is 10.2 Å². The van der Waals surface area contributed by atoms with Gasteiger partial charge in [0.15, 0.2) is 0 Å². The van der Waals surface area contributed by atoms with Crippen molar-refractivity contribution in [3.8, 4) is 6.07 Å². The van der Waals surface area contributed by atoms with Gasteiger partial charge >= 0.3 is 0 Å². The van der Waals surface area contributed by atoms with Crippen LogP contribution < -0.4 is 5.32 Å². The molecule has 1 aromatic rings. The summed E-state index contributed by atoms with van der Waals surface area (Å²) in [6, 6.07) is 6.93. The summed E-state index contributed by atoms with van der Waals surface area (Å²) < 4.78 is 13.5. The number of rotatable bonds is 4. The molecule has 4 heteroatoms. The summed E-state index contributed by atoms with van der Waals surface area (Å²) in [6.07, 6.45) is 0.830. The van der Waals surface area contributed by atoms with Crippen molar-refractivity contribution >= 4 is 0 Å². The van der Waals surface area contributed by atoms with Gasteiger partial charge in [-0.3, -0.25) is 4.90 Å². The SMILES string of the molecule is C=C(C)C[C@@H](c1ccc(F)c(C#N)c1)N1CCNCC1. The predicted molar refractivity (Wildman–Crippen MR) is 77.7 cm³/mol. The molecule has 0 amide bonds. The Morgan fingerprint density at radius 1 is 1.50 bits per heavy atom.